The quantitative estimate of drug-likeness (QED) is 0.488. The summed E-state index contributed by atoms with van der Waals surface area (Å²) in [6.07, 6.45) is -0.493. The molecule has 0 saturated heterocycles. The van der Waals surface area contributed by atoms with Crippen LogP contribution < -0.4 is 9.47 Å². The molecular weight excluding hydrogens is 404 g/mol. The Balaban J connectivity index is 0.000000311. The van der Waals surface area contributed by atoms with Crippen molar-refractivity contribution in [2.24, 2.45) is 0 Å². The lowest BCUT2D eigenvalue weighted by Crippen LogP contribution is -2.27. The fourth-order valence-electron chi connectivity index (χ4n) is 2.50. The smallest absolute Gasteiger partial charge is 0.347 e. The molecule has 0 aliphatic rings. The monoisotopic (exact) mass is 434 g/mol. The van der Waals surface area contributed by atoms with Gasteiger partial charge in [-0.25, -0.2) is 9.59 Å². The Morgan fingerprint density at radius 1 is 0.839 bits per heavy atom. The van der Waals surface area contributed by atoms with Gasteiger partial charge in [0.1, 0.15) is 11.5 Å². The van der Waals surface area contributed by atoms with Crippen molar-refractivity contribution in [1.29, 1.82) is 0 Å². The summed E-state index contributed by atoms with van der Waals surface area (Å²) < 4.78 is 15.3. The molecule has 2 aromatic carbocycles. The number of aliphatic hydroxyl groups excluding tert-OH is 2. The van der Waals surface area contributed by atoms with Gasteiger partial charge in [-0.15, -0.1) is 0 Å². The molecule has 3 N–H and O–H groups in total. The van der Waals surface area contributed by atoms with Crippen LogP contribution in [0.3, 0.4) is 0 Å². The number of esters is 1. The maximum absolute atomic E-state index is 11.3. The lowest BCUT2D eigenvalue weighted by molar-refractivity contribution is -0.149. The van der Waals surface area contributed by atoms with E-state index >= 15 is 0 Å². The number of rotatable bonds is 10. The van der Waals surface area contributed by atoms with Crippen molar-refractivity contribution in [2.75, 3.05) is 7.11 Å². The zero-order valence-corrected chi connectivity index (χ0v) is 18.0. The fraction of sp³-hybridized carbons (Fsp3) is 0.391. The summed E-state index contributed by atoms with van der Waals surface area (Å²) in [5, 5.41) is 26.6. The molecule has 0 aliphatic heterocycles. The number of benzene rings is 2. The largest absolute Gasteiger partial charge is 0.479 e. The predicted octanol–water partition coefficient (Wildman–Crippen LogP) is 2.93. The molecule has 8 heteroatoms. The molecule has 2 atom stereocenters. The number of ether oxygens (including phenoxy) is 3. The van der Waals surface area contributed by atoms with Crippen molar-refractivity contribution in [3.63, 3.8) is 0 Å². The third kappa shape index (κ3) is 9.06. The molecule has 0 saturated carbocycles. The summed E-state index contributed by atoms with van der Waals surface area (Å²) in [5.41, 5.74) is 1.45. The number of hydrogen-bond donors (Lipinski definition) is 3. The summed E-state index contributed by atoms with van der Waals surface area (Å²) in [6.45, 7) is 3.46. The van der Waals surface area contributed by atoms with Crippen molar-refractivity contribution >= 4 is 11.9 Å². The summed E-state index contributed by atoms with van der Waals surface area (Å²) >= 11 is 0. The van der Waals surface area contributed by atoms with Gasteiger partial charge in [-0.1, -0.05) is 38.1 Å². The van der Waals surface area contributed by atoms with Gasteiger partial charge in [-0.2, -0.15) is 0 Å². The minimum atomic E-state index is -0.980. The van der Waals surface area contributed by atoms with E-state index in [9.17, 15) is 9.59 Å². The lowest BCUT2D eigenvalue weighted by Gasteiger charge is -2.15. The van der Waals surface area contributed by atoms with E-state index in [-0.39, 0.29) is 13.2 Å². The van der Waals surface area contributed by atoms with Crippen LogP contribution in [0.15, 0.2) is 48.5 Å². The Morgan fingerprint density at radius 2 is 1.29 bits per heavy atom. The second kappa shape index (κ2) is 14.0. The zero-order valence-electron chi connectivity index (χ0n) is 18.0. The molecule has 0 radical (unpaired) electrons. The lowest BCUT2D eigenvalue weighted by atomic mass is 10.2. The predicted molar refractivity (Wildman–Crippen MR) is 114 cm³/mol. The first-order valence-electron chi connectivity index (χ1n) is 9.91. The van der Waals surface area contributed by atoms with Crippen molar-refractivity contribution in [3.8, 4) is 11.5 Å². The van der Waals surface area contributed by atoms with Crippen LogP contribution in [0.4, 0.5) is 0 Å². The molecule has 0 spiro atoms. The van der Waals surface area contributed by atoms with Crippen LogP contribution >= 0.6 is 0 Å². The molecule has 2 aromatic rings. The van der Waals surface area contributed by atoms with Gasteiger partial charge in [0.25, 0.3) is 0 Å². The van der Waals surface area contributed by atoms with Crippen LogP contribution in [0, 0.1) is 0 Å². The third-order valence-electron chi connectivity index (χ3n) is 4.20. The molecule has 0 unspecified atom stereocenters. The number of carboxylic acids is 1. The summed E-state index contributed by atoms with van der Waals surface area (Å²) in [6, 6.07) is 13.8. The highest BCUT2D eigenvalue weighted by atomic mass is 16.6. The van der Waals surface area contributed by atoms with E-state index in [2.05, 4.69) is 4.74 Å². The molecule has 0 fully saturated rings. The Labute approximate surface area is 182 Å². The summed E-state index contributed by atoms with van der Waals surface area (Å²) in [5.74, 6) is -0.344. The van der Waals surface area contributed by atoms with Gasteiger partial charge in [-0.3, -0.25) is 0 Å². The minimum absolute atomic E-state index is 0.0494. The van der Waals surface area contributed by atoms with E-state index in [1.807, 2.05) is 6.92 Å². The van der Waals surface area contributed by atoms with E-state index in [0.717, 1.165) is 5.56 Å². The van der Waals surface area contributed by atoms with E-state index in [1.165, 1.54) is 7.11 Å². The standard InChI is InChI=1S/C12H16O4.C11H14O4/c1-3-11(12(14)15-2)16-10-6-4-5-9(7-10)8-13;1-2-10(11(13)14)15-9-5-3-4-8(6-9)7-12/h4-7,11,13H,3,8H2,1-2H3;3-6,10,12H,2,7H2,1H3,(H,13,14)/t11-;10-/m11/s1. The second-order valence-electron chi connectivity index (χ2n) is 6.50. The Kier molecular flexibility index (Phi) is 11.7. The Morgan fingerprint density at radius 3 is 1.65 bits per heavy atom. The van der Waals surface area contributed by atoms with Crippen molar-refractivity contribution in [3.05, 3.63) is 59.7 Å². The molecule has 0 aromatic heterocycles. The molecule has 170 valence electrons. The van der Waals surface area contributed by atoms with E-state index in [4.69, 9.17) is 24.8 Å². The fourth-order valence-corrected chi connectivity index (χ4v) is 2.50. The second-order valence-corrected chi connectivity index (χ2v) is 6.50. The van der Waals surface area contributed by atoms with Gasteiger partial charge in [-0.05, 0) is 48.2 Å². The van der Waals surface area contributed by atoms with Crippen LogP contribution in [-0.4, -0.2) is 46.6 Å². The number of carboxylic acid groups (broad SMARTS) is 1. The maximum atomic E-state index is 11.3. The van der Waals surface area contributed by atoms with Crippen LogP contribution in [0.2, 0.25) is 0 Å². The maximum Gasteiger partial charge on any atom is 0.347 e. The molecule has 2 rings (SSSR count). The van der Waals surface area contributed by atoms with E-state index < -0.39 is 24.1 Å². The van der Waals surface area contributed by atoms with Crippen molar-refractivity contribution in [1.82, 2.24) is 0 Å². The molecule has 0 amide bonds. The van der Waals surface area contributed by atoms with Crippen LogP contribution in [-0.2, 0) is 27.5 Å². The SMILES string of the molecule is CC[C@@H](Oc1cccc(CO)c1)C(=O)O.CC[C@@H](Oc1cccc(CO)c1)C(=O)OC. The first-order chi connectivity index (χ1) is 14.9. The first-order valence-corrected chi connectivity index (χ1v) is 9.91. The van der Waals surface area contributed by atoms with Crippen molar-refractivity contribution < 1.29 is 39.1 Å². The molecule has 0 bridgehead atoms. The highest BCUT2D eigenvalue weighted by Gasteiger charge is 2.18. The molecule has 0 heterocycles. The normalized spacial score (nSPS) is 12.0. The highest BCUT2D eigenvalue weighted by molar-refractivity contribution is 5.74. The molecule has 31 heavy (non-hydrogen) atoms. The third-order valence-corrected chi connectivity index (χ3v) is 4.20. The van der Waals surface area contributed by atoms with Gasteiger partial charge in [0.2, 0.25) is 0 Å². The van der Waals surface area contributed by atoms with Gasteiger partial charge in [0.05, 0.1) is 20.3 Å². The minimum Gasteiger partial charge on any atom is -0.479 e. The average molecular weight is 434 g/mol. The number of aliphatic carboxylic acids is 1. The number of hydrogen-bond acceptors (Lipinski definition) is 7. The summed E-state index contributed by atoms with van der Waals surface area (Å²) in [4.78, 5) is 22.0. The van der Waals surface area contributed by atoms with Crippen LogP contribution in [0.1, 0.15) is 37.8 Å². The van der Waals surface area contributed by atoms with Gasteiger partial charge in [0.15, 0.2) is 12.2 Å². The number of carbonyl (C=O) groups excluding carboxylic acids is 1. The average Bonchev–Trinajstić information content (AvgIpc) is 2.80. The number of carbonyl (C=O) groups is 2. The highest BCUT2D eigenvalue weighted by Crippen LogP contribution is 2.17. The summed E-state index contributed by atoms with van der Waals surface area (Å²) in [7, 11) is 1.33. The Hall–Kier alpha value is -3.10. The van der Waals surface area contributed by atoms with E-state index in [1.54, 1.807) is 55.5 Å². The first kappa shape index (κ1) is 25.9. The van der Waals surface area contributed by atoms with E-state index in [0.29, 0.717) is 29.9 Å². The number of aliphatic hydroxyl groups is 2. The Bertz CT molecular complexity index is 821. The van der Waals surface area contributed by atoms with Crippen molar-refractivity contribution in [2.45, 2.75) is 52.1 Å². The van der Waals surface area contributed by atoms with Gasteiger partial charge < -0.3 is 29.5 Å². The van der Waals surface area contributed by atoms with Crippen LogP contribution in [0.25, 0.3) is 0 Å². The topological polar surface area (TPSA) is 123 Å². The van der Waals surface area contributed by atoms with Gasteiger partial charge >= 0.3 is 11.9 Å². The number of methoxy groups -OCH3 is 1. The molecular formula is C23H30O8. The molecule has 0 aliphatic carbocycles. The zero-order chi connectivity index (χ0) is 23.2. The van der Waals surface area contributed by atoms with Gasteiger partial charge in [0, 0.05) is 0 Å². The van der Waals surface area contributed by atoms with Crippen LogP contribution in [0.5, 0.6) is 11.5 Å². The molecule has 8 nitrogen and oxygen atoms in total.